The van der Waals surface area contributed by atoms with E-state index in [9.17, 15) is 4.39 Å². The monoisotopic (exact) mass is 245 g/mol. The molecule has 0 bridgehead atoms. The maximum absolute atomic E-state index is 13.2. The topological polar surface area (TPSA) is 43.8 Å². The normalized spacial score (nSPS) is 10.6. The van der Waals surface area contributed by atoms with E-state index >= 15 is 0 Å². The Morgan fingerprint density at radius 3 is 2.60 bits per heavy atom. The smallest absolute Gasteiger partial charge is 0.144 e. The van der Waals surface area contributed by atoms with Crippen LogP contribution in [0.4, 0.5) is 10.2 Å². The van der Waals surface area contributed by atoms with Crippen LogP contribution in [0.25, 0.3) is 5.69 Å². The van der Waals surface area contributed by atoms with E-state index in [1.54, 1.807) is 6.07 Å². The molecule has 1 aromatic carbocycles. The molecule has 0 aliphatic carbocycles. The summed E-state index contributed by atoms with van der Waals surface area (Å²) in [5.41, 5.74) is 5.87. The first-order valence-corrected chi connectivity index (χ1v) is 4.80. The van der Waals surface area contributed by atoms with Crippen LogP contribution in [-0.2, 0) is 0 Å². The van der Waals surface area contributed by atoms with E-state index in [1.807, 2.05) is 0 Å². The summed E-state index contributed by atoms with van der Waals surface area (Å²) < 4.78 is 14.5. The number of hydrogen-bond acceptors (Lipinski definition) is 2. The van der Waals surface area contributed by atoms with Crippen LogP contribution in [-0.4, -0.2) is 9.78 Å². The number of halogens is 3. The van der Waals surface area contributed by atoms with Crippen LogP contribution in [0, 0.1) is 5.82 Å². The van der Waals surface area contributed by atoms with Gasteiger partial charge in [-0.1, -0.05) is 23.2 Å². The molecule has 0 radical (unpaired) electrons. The van der Waals surface area contributed by atoms with E-state index in [4.69, 9.17) is 28.9 Å². The van der Waals surface area contributed by atoms with E-state index in [0.717, 1.165) is 0 Å². The molecule has 0 aliphatic rings. The lowest BCUT2D eigenvalue weighted by Gasteiger charge is -2.08. The molecule has 0 unspecified atom stereocenters. The summed E-state index contributed by atoms with van der Waals surface area (Å²) in [5.74, 6) is -0.227. The number of anilines is 1. The van der Waals surface area contributed by atoms with Gasteiger partial charge in [0.15, 0.2) is 0 Å². The van der Waals surface area contributed by atoms with E-state index in [-0.39, 0.29) is 15.7 Å². The fraction of sp³-hybridized carbons (Fsp3) is 0. The standard InChI is InChI=1S/C9H6Cl2FN3/c10-5-1-2-6(12)8(11)9(5)15-7(13)3-4-14-15/h1-4H,13H2. The van der Waals surface area contributed by atoms with Crippen molar-refractivity contribution >= 4 is 29.0 Å². The van der Waals surface area contributed by atoms with E-state index < -0.39 is 5.82 Å². The molecular formula is C9H6Cl2FN3. The van der Waals surface area contributed by atoms with Crippen molar-refractivity contribution in [1.29, 1.82) is 0 Å². The largest absolute Gasteiger partial charge is 0.384 e. The van der Waals surface area contributed by atoms with E-state index in [0.29, 0.717) is 5.82 Å². The van der Waals surface area contributed by atoms with E-state index in [2.05, 4.69) is 5.10 Å². The summed E-state index contributed by atoms with van der Waals surface area (Å²) in [6.45, 7) is 0. The summed E-state index contributed by atoms with van der Waals surface area (Å²) in [5, 5.41) is 4.09. The number of benzene rings is 1. The van der Waals surface area contributed by atoms with Crippen molar-refractivity contribution in [3.63, 3.8) is 0 Å². The van der Waals surface area contributed by atoms with Crippen LogP contribution >= 0.6 is 23.2 Å². The van der Waals surface area contributed by atoms with Crippen LogP contribution in [0.3, 0.4) is 0 Å². The number of rotatable bonds is 1. The number of hydrogen-bond donors (Lipinski definition) is 1. The molecule has 0 saturated carbocycles. The molecular weight excluding hydrogens is 240 g/mol. The molecule has 0 fully saturated rings. The van der Waals surface area contributed by atoms with Crippen molar-refractivity contribution in [2.24, 2.45) is 0 Å². The van der Waals surface area contributed by atoms with Gasteiger partial charge in [-0.3, -0.25) is 0 Å². The predicted octanol–water partition coefficient (Wildman–Crippen LogP) is 2.90. The van der Waals surface area contributed by atoms with Gasteiger partial charge in [0.25, 0.3) is 0 Å². The highest BCUT2D eigenvalue weighted by molar-refractivity contribution is 6.37. The third kappa shape index (κ3) is 1.66. The van der Waals surface area contributed by atoms with Gasteiger partial charge in [0, 0.05) is 6.07 Å². The number of nitrogens with two attached hydrogens (primary N) is 1. The molecule has 78 valence electrons. The molecule has 6 heteroatoms. The molecule has 2 aromatic rings. The Hall–Kier alpha value is -1.26. The molecule has 2 N–H and O–H groups in total. The second kappa shape index (κ2) is 3.72. The minimum Gasteiger partial charge on any atom is -0.384 e. The molecule has 0 spiro atoms. The first-order valence-electron chi connectivity index (χ1n) is 4.04. The summed E-state index contributed by atoms with van der Waals surface area (Å²) in [6, 6.07) is 4.16. The Labute approximate surface area is 95.2 Å². The van der Waals surface area contributed by atoms with E-state index in [1.165, 1.54) is 23.0 Å². The highest BCUT2D eigenvalue weighted by Crippen LogP contribution is 2.31. The molecule has 0 saturated heterocycles. The molecule has 3 nitrogen and oxygen atoms in total. The second-order valence-electron chi connectivity index (χ2n) is 2.86. The van der Waals surface area contributed by atoms with Gasteiger partial charge in [-0.15, -0.1) is 0 Å². The number of aromatic nitrogens is 2. The first-order chi connectivity index (χ1) is 7.11. The third-order valence-electron chi connectivity index (χ3n) is 1.90. The lowest BCUT2D eigenvalue weighted by molar-refractivity contribution is 0.626. The van der Waals surface area contributed by atoms with Gasteiger partial charge < -0.3 is 5.73 Å². The molecule has 0 atom stereocenters. The lowest BCUT2D eigenvalue weighted by Crippen LogP contribution is -2.03. The van der Waals surface area contributed by atoms with Gasteiger partial charge in [-0.25, -0.2) is 9.07 Å². The average Bonchev–Trinajstić information content (AvgIpc) is 2.60. The van der Waals surface area contributed by atoms with Gasteiger partial charge in [0.05, 0.1) is 11.2 Å². The Bertz CT molecular complexity index is 510. The van der Waals surface area contributed by atoms with Gasteiger partial charge in [0.2, 0.25) is 0 Å². The Morgan fingerprint density at radius 2 is 2.00 bits per heavy atom. The van der Waals surface area contributed by atoms with Crippen LogP contribution in [0.2, 0.25) is 10.0 Å². The SMILES string of the molecule is Nc1ccnn1-c1c(Cl)ccc(F)c1Cl. The lowest BCUT2D eigenvalue weighted by atomic mass is 10.3. The molecule has 0 aliphatic heterocycles. The van der Waals surface area contributed by atoms with Crippen molar-refractivity contribution in [1.82, 2.24) is 9.78 Å². The third-order valence-corrected chi connectivity index (χ3v) is 2.57. The van der Waals surface area contributed by atoms with Crippen LogP contribution in [0.1, 0.15) is 0 Å². The van der Waals surface area contributed by atoms with Crippen molar-refractivity contribution < 1.29 is 4.39 Å². The summed E-state index contributed by atoms with van der Waals surface area (Å²) >= 11 is 11.7. The predicted molar refractivity (Wildman–Crippen MR) is 58.0 cm³/mol. The average molecular weight is 246 g/mol. The second-order valence-corrected chi connectivity index (χ2v) is 3.64. The van der Waals surface area contributed by atoms with Crippen molar-refractivity contribution in [3.8, 4) is 5.69 Å². The fourth-order valence-electron chi connectivity index (χ4n) is 1.21. The Balaban J connectivity index is 2.72. The van der Waals surface area contributed by atoms with Gasteiger partial charge in [-0.2, -0.15) is 5.10 Å². The van der Waals surface area contributed by atoms with Crippen molar-refractivity contribution in [2.75, 3.05) is 5.73 Å². The number of nitrogens with zero attached hydrogens (tertiary/aromatic N) is 2. The highest BCUT2D eigenvalue weighted by Gasteiger charge is 2.14. The van der Waals surface area contributed by atoms with Crippen molar-refractivity contribution in [3.05, 3.63) is 40.3 Å². The molecule has 2 rings (SSSR count). The minimum absolute atomic E-state index is 0.0992. The summed E-state index contributed by atoms with van der Waals surface area (Å²) in [6.07, 6.45) is 1.48. The fourth-order valence-corrected chi connectivity index (χ4v) is 1.74. The summed E-state index contributed by atoms with van der Waals surface area (Å²) in [7, 11) is 0. The van der Waals surface area contributed by atoms with Crippen molar-refractivity contribution in [2.45, 2.75) is 0 Å². The minimum atomic E-state index is -0.564. The Morgan fingerprint density at radius 1 is 1.27 bits per heavy atom. The molecule has 1 heterocycles. The number of nitrogen functional groups attached to an aromatic ring is 1. The van der Waals surface area contributed by atoms with Crippen LogP contribution < -0.4 is 5.73 Å². The molecule has 15 heavy (non-hydrogen) atoms. The zero-order valence-corrected chi connectivity index (χ0v) is 8.93. The first kappa shape index (κ1) is 10.3. The van der Waals surface area contributed by atoms with Gasteiger partial charge >= 0.3 is 0 Å². The Kier molecular flexibility index (Phi) is 2.54. The van der Waals surface area contributed by atoms with Crippen LogP contribution in [0.15, 0.2) is 24.4 Å². The summed E-state index contributed by atoms with van der Waals surface area (Å²) in [4.78, 5) is 0. The van der Waals surface area contributed by atoms with Gasteiger partial charge in [-0.05, 0) is 12.1 Å². The van der Waals surface area contributed by atoms with Crippen LogP contribution in [0.5, 0.6) is 0 Å². The zero-order valence-electron chi connectivity index (χ0n) is 7.42. The van der Waals surface area contributed by atoms with Gasteiger partial charge in [0.1, 0.15) is 22.3 Å². The quantitative estimate of drug-likeness (QED) is 0.786. The molecule has 1 aromatic heterocycles. The highest BCUT2D eigenvalue weighted by atomic mass is 35.5. The maximum atomic E-state index is 13.2. The zero-order chi connectivity index (χ0) is 11.0. The molecule has 0 amide bonds. The maximum Gasteiger partial charge on any atom is 0.144 e.